The van der Waals surface area contributed by atoms with Gasteiger partial charge in [0.25, 0.3) is 0 Å². The summed E-state index contributed by atoms with van der Waals surface area (Å²) in [5, 5.41) is 0. The monoisotopic (exact) mass is 301 g/mol. The number of halogens is 1. The smallest absolute Gasteiger partial charge is 0.224 e. The fraction of sp³-hybridized carbons (Fsp3) is 0.353. The highest BCUT2D eigenvalue weighted by Crippen LogP contribution is 2.53. The van der Waals surface area contributed by atoms with Crippen LogP contribution >= 0.6 is 0 Å². The predicted octanol–water partition coefficient (Wildman–Crippen LogP) is 3.60. The van der Waals surface area contributed by atoms with E-state index in [4.69, 9.17) is 9.15 Å². The number of benzene rings is 1. The maximum absolute atomic E-state index is 13.7. The maximum Gasteiger partial charge on any atom is 0.224 e. The van der Waals surface area contributed by atoms with E-state index in [1.165, 1.54) is 19.1 Å². The van der Waals surface area contributed by atoms with E-state index < -0.39 is 0 Å². The van der Waals surface area contributed by atoms with Crippen molar-refractivity contribution >= 4 is 11.6 Å². The number of fused-ring (bicyclic) bond motifs is 3. The van der Waals surface area contributed by atoms with Crippen molar-refractivity contribution in [2.24, 2.45) is 5.92 Å². The van der Waals surface area contributed by atoms with Crippen LogP contribution in [0.2, 0.25) is 0 Å². The van der Waals surface area contributed by atoms with Crippen LogP contribution in [0.5, 0.6) is 0 Å². The van der Waals surface area contributed by atoms with Crippen molar-refractivity contribution in [1.82, 2.24) is 0 Å². The maximum atomic E-state index is 13.7. The third kappa shape index (κ3) is 1.89. The molecule has 0 spiro atoms. The van der Waals surface area contributed by atoms with E-state index >= 15 is 0 Å². The number of hydrogen-bond donors (Lipinski definition) is 0. The molecule has 3 atom stereocenters. The van der Waals surface area contributed by atoms with Gasteiger partial charge < -0.3 is 14.1 Å². The predicted molar refractivity (Wildman–Crippen MR) is 77.8 cm³/mol. The van der Waals surface area contributed by atoms with Gasteiger partial charge in [0.05, 0.1) is 18.1 Å². The Balaban J connectivity index is 1.92. The van der Waals surface area contributed by atoms with Crippen LogP contribution in [0.3, 0.4) is 0 Å². The van der Waals surface area contributed by atoms with E-state index in [9.17, 15) is 9.18 Å². The summed E-state index contributed by atoms with van der Waals surface area (Å²) in [5.41, 5.74) is 1.46. The Morgan fingerprint density at radius 1 is 1.36 bits per heavy atom. The Bertz CT molecular complexity index is 713. The van der Waals surface area contributed by atoms with Crippen LogP contribution in [0.1, 0.15) is 36.8 Å². The molecule has 1 amide bonds. The topological polar surface area (TPSA) is 42.7 Å². The first-order chi connectivity index (χ1) is 10.7. The summed E-state index contributed by atoms with van der Waals surface area (Å²) in [6.07, 6.45) is 2.23. The quantitative estimate of drug-likeness (QED) is 0.808. The minimum atomic E-state index is -0.312. The molecule has 0 N–H and O–H groups in total. The normalized spacial score (nSPS) is 26.6. The Morgan fingerprint density at radius 3 is 2.95 bits per heavy atom. The molecule has 1 saturated heterocycles. The molecule has 0 radical (unpaired) electrons. The number of carbonyl (C=O) groups is 1. The third-order valence-corrected chi connectivity index (χ3v) is 4.55. The standard InChI is InChI=1S/C17H16FNO3/c1-10(20)19-14-5-4-11(18)9-13(14)17-12(6-8-22-17)16(19)15-3-2-7-21-15/h2-5,7,9,12,16-17H,6,8H2,1H3/t12-,16-,17-/m0/s1. The van der Waals surface area contributed by atoms with Crippen molar-refractivity contribution in [3.05, 3.63) is 53.7 Å². The van der Waals surface area contributed by atoms with Crippen molar-refractivity contribution < 1.29 is 18.3 Å². The summed E-state index contributed by atoms with van der Waals surface area (Å²) < 4.78 is 25.1. The molecule has 1 fully saturated rings. The zero-order valence-electron chi connectivity index (χ0n) is 12.2. The lowest BCUT2D eigenvalue weighted by atomic mass is 9.81. The molecule has 2 aliphatic rings. The summed E-state index contributed by atoms with van der Waals surface area (Å²) in [6.45, 7) is 2.13. The zero-order valence-corrected chi connectivity index (χ0v) is 12.2. The number of ether oxygens (including phenoxy) is 1. The van der Waals surface area contributed by atoms with Gasteiger partial charge in [-0.25, -0.2) is 4.39 Å². The van der Waals surface area contributed by atoms with E-state index in [-0.39, 0.29) is 29.8 Å². The molecule has 1 aromatic heterocycles. The Hall–Kier alpha value is -2.14. The van der Waals surface area contributed by atoms with Crippen molar-refractivity contribution in [3.63, 3.8) is 0 Å². The Morgan fingerprint density at radius 2 is 2.23 bits per heavy atom. The number of carbonyl (C=O) groups excluding carboxylic acids is 1. The van der Waals surface area contributed by atoms with Crippen LogP contribution in [0.15, 0.2) is 41.0 Å². The van der Waals surface area contributed by atoms with Gasteiger partial charge in [0.2, 0.25) is 5.91 Å². The number of furan rings is 1. The van der Waals surface area contributed by atoms with Crippen LogP contribution < -0.4 is 4.90 Å². The highest BCUT2D eigenvalue weighted by atomic mass is 19.1. The molecule has 1 aromatic carbocycles. The van der Waals surface area contributed by atoms with E-state index in [2.05, 4.69) is 0 Å². The van der Waals surface area contributed by atoms with Crippen LogP contribution in [-0.2, 0) is 9.53 Å². The summed E-state index contributed by atoms with van der Waals surface area (Å²) in [7, 11) is 0. The molecule has 0 unspecified atom stereocenters. The van der Waals surface area contributed by atoms with Crippen molar-refractivity contribution in [3.8, 4) is 0 Å². The molecular weight excluding hydrogens is 285 g/mol. The lowest BCUT2D eigenvalue weighted by Gasteiger charge is -2.42. The average molecular weight is 301 g/mol. The highest BCUT2D eigenvalue weighted by molar-refractivity contribution is 5.94. The van der Waals surface area contributed by atoms with E-state index in [1.54, 1.807) is 17.2 Å². The summed E-state index contributed by atoms with van der Waals surface area (Å²) >= 11 is 0. The SMILES string of the molecule is CC(=O)N1c2ccc(F)cc2[C@H]2OCC[C@H]2[C@H]1c1ccco1. The first-order valence-corrected chi connectivity index (χ1v) is 7.41. The van der Waals surface area contributed by atoms with Crippen molar-refractivity contribution in [2.75, 3.05) is 11.5 Å². The van der Waals surface area contributed by atoms with Crippen LogP contribution in [0.25, 0.3) is 0 Å². The molecule has 0 aliphatic carbocycles. The minimum Gasteiger partial charge on any atom is -0.467 e. The van der Waals surface area contributed by atoms with Gasteiger partial charge in [-0.3, -0.25) is 4.79 Å². The summed E-state index contributed by atoms with van der Waals surface area (Å²) in [4.78, 5) is 14.0. The number of hydrogen-bond acceptors (Lipinski definition) is 3. The second-order valence-corrected chi connectivity index (χ2v) is 5.80. The van der Waals surface area contributed by atoms with Crippen molar-refractivity contribution in [1.29, 1.82) is 0 Å². The van der Waals surface area contributed by atoms with Gasteiger partial charge in [0.15, 0.2) is 0 Å². The Kier molecular flexibility index (Phi) is 3.04. The molecule has 22 heavy (non-hydrogen) atoms. The number of rotatable bonds is 1. The molecule has 0 saturated carbocycles. The number of nitrogens with zero attached hydrogens (tertiary/aromatic N) is 1. The third-order valence-electron chi connectivity index (χ3n) is 4.55. The lowest BCUT2D eigenvalue weighted by Crippen LogP contribution is -2.42. The van der Waals surface area contributed by atoms with Crippen LogP contribution in [0.4, 0.5) is 10.1 Å². The fourth-order valence-electron chi connectivity index (χ4n) is 3.73. The van der Waals surface area contributed by atoms with Gasteiger partial charge in [0.1, 0.15) is 17.6 Å². The largest absolute Gasteiger partial charge is 0.467 e. The molecule has 4 nitrogen and oxygen atoms in total. The zero-order chi connectivity index (χ0) is 15.3. The molecule has 4 rings (SSSR count). The van der Waals surface area contributed by atoms with Crippen LogP contribution in [0, 0.1) is 11.7 Å². The first-order valence-electron chi connectivity index (χ1n) is 7.41. The van der Waals surface area contributed by atoms with Gasteiger partial charge in [-0.05, 0) is 36.8 Å². The second kappa shape index (κ2) is 4.95. The summed E-state index contributed by atoms with van der Waals surface area (Å²) in [6, 6.07) is 8.00. The van der Waals surface area contributed by atoms with E-state index in [0.717, 1.165) is 17.7 Å². The van der Waals surface area contributed by atoms with Gasteiger partial charge in [0, 0.05) is 25.0 Å². The lowest BCUT2D eigenvalue weighted by molar-refractivity contribution is -0.117. The number of anilines is 1. The van der Waals surface area contributed by atoms with Gasteiger partial charge in [-0.1, -0.05) is 0 Å². The van der Waals surface area contributed by atoms with E-state index in [0.29, 0.717) is 12.3 Å². The Labute approximate surface area is 127 Å². The van der Waals surface area contributed by atoms with Gasteiger partial charge >= 0.3 is 0 Å². The van der Waals surface area contributed by atoms with Crippen LogP contribution in [-0.4, -0.2) is 12.5 Å². The molecule has 114 valence electrons. The highest BCUT2D eigenvalue weighted by Gasteiger charge is 2.47. The van der Waals surface area contributed by atoms with Gasteiger partial charge in [-0.15, -0.1) is 0 Å². The molecule has 5 heteroatoms. The molecule has 3 heterocycles. The molecule has 2 aromatic rings. The first kappa shape index (κ1) is 13.5. The second-order valence-electron chi connectivity index (χ2n) is 5.80. The summed E-state index contributed by atoms with van der Waals surface area (Å²) in [5.74, 6) is 0.419. The average Bonchev–Trinajstić information content (AvgIpc) is 3.17. The molecular formula is C17H16FNO3. The van der Waals surface area contributed by atoms with Gasteiger partial charge in [-0.2, -0.15) is 0 Å². The fourth-order valence-corrected chi connectivity index (χ4v) is 3.73. The van der Waals surface area contributed by atoms with E-state index in [1.807, 2.05) is 12.1 Å². The van der Waals surface area contributed by atoms with Crippen molar-refractivity contribution in [2.45, 2.75) is 25.5 Å². The molecule has 0 bridgehead atoms. The minimum absolute atomic E-state index is 0.0735. The molecule has 2 aliphatic heterocycles. The number of amides is 1.